The third kappa shape index (κ3) is 2.23. The summed E-state index contributed by atoms with van der Waals surface area (Å²) in [7, 11) is 0. The lowest BCUT2D eigenvalue weighted by Crippen LogP contribution is -2.13. The topological polar surface area (TPSA) is 63.8 Å². The fraction of sp³-hybridized carbons (Fsp3) is 0.600. The van der Waals surface area contributed by atoms with E-state index in [0.29, 0.717) is 0 Å². The van der Waals surface area contributed by atoms with Crippen LogP contribution in [-0.2, 0) is 17.9 Å². The van der Waals surface area contributed by atoms with Crippen molar-refractivity contribution < 1.29 is 0 Å². The Bertz CT molecular complexity index is 354. The van der Waals surface area contributed by atoms with E-state index >= 15 is 0 Å². The number of nitrogens with zero attached hydrogens (tertiary/aromatic N) is 2. The Hall–Kier alpha value is -0.810. The molecule has 3 N–H and O–H groups in total. The van der Waals surface area contributed by atoms with Gasteiger partial charge in [-0.25, -0.2) is 15.8 Å². The molecule has 4 nitrogen and oxygen atoms in total. The van der Waals surface area contributed by atoms with E-state index in [1.165, 1.54) is 12.0 Å². The van der Waals surface area contributed by atoms with Crippen molar-refractivity contribution in [3.8, 4) is 0 Å². The number of nitrogen functional groups attached to an aromatic ring is 1. The molecule has 1 aliphatic rings. The number of hydrazine groups is 1. The van der Waals surface area contributed by atoms with Crippen LogP contribution in [0.5, 0.6) is 0 Å². The van der Waals surface area contributed by atoms with Gasteiger partial charge in [0, 0.05) is 23.5 Å². The average molecular weight is 224 g/mol. The van der Waals surface area contributed by atoms with Crippen molar-refractivity contribution in [2.75, 3.05) is 5.43 Å². The van der Waals surface area contributed by atoms with Gasteiger partial charge in [0.25, 0.3) is 0 Å². The SMILES string of the molecule is CCCCc1nc2c(c(NN)n1)CSC2. The van der Waals surface area contributed by atoms with Crippen LogP contribution in [0.25, 0.3) is 0 Å². The van der Waals surface area contributed by atoms with Gasteiger partial charge in [-0.3, -0.25) is 0 Å². The fourth-order valence-electron chi connectivity index (χ4n) is 1.67. The van der Waals surface area contributed by atoms with Gasteiger partial charge in [0.2, 0.25) is 0 Å². The zero-order valence-electron chi connectivity index (χ0n) is 8.92. The molecular formula is C10H16N4S. The molecule has 0 aliphatic carbocycles. The molecule has 1 aliphatic heterocycles. The molecular weight excluding hydrogens is 208 g/mol. The number of nitrogens with two attached hydrogens (primary N) is 1. The van der Waals surface area contributed by atoms with E-state index in [9.17, 15) is 0 Å². The number of nitrogens with one attached hydrogen (secondary N) is 1. The van der Waals surface area contributed by atoms with Crippen molar-refractivity contribution in [2.45, 2.75) is 37.7 Å². The van der Waals surface area contributed by atoms with Crippen LogP contribution in [0.2, 0.25) is 0 Å². The molecule has 0 saturated heterocycles. The maximum atomic E-state index is 5.47. The number of anilines is 1. The molecule has 2 heterocycles. The molecule has 0 amide bonds. The van der Waals surface area contributed by atoms with Gasteiger partial charge in [-0.15, -0.1) is 0 Å². The number of hydrogen-bond acceptors (Lipinski definition) is 5. The molecule has 1 aromatic rings. The first-order valence-corrected chi connectivity index (χ1v) is 6.43. The fourth-order valence-corrected chi connectivity index (χ4v) is 2.71. The third-order valence-corrected chi connectivity index (χ3v) is 3.49. The number of hydrogen-bond donors (Lipinski definition) is 2. The Balaban J connectivity index is 2.26. The van der Waals surface area contributed by atoms with E-state index in [4.69, 9.17) is 5.84 Å². The second-order valence-electron chi connectivity index (χ2n) is 3.65. The summed E-state index contributed by atoms with van der Waals surface area (Å²) in [6, 6.07) is 0. The summed E-state index contributed by atoms with van der Waals surface area (Å²) in [5.74, 6) is 9.18. The monoisotopic (exact) mass is 224 g/mol. The third-order valence-electron chi connectivity index (χ3n) is 2.51. The summed E-state index contributed by atoms with van der Waals surface area (Å²) in [6.07, 6.45) is 3.25. The van der Waals surface area contributed by atoms with E-state index in [1.807, 2.05) is 11.8 Å². The number of fused-ring (bicyclic) bond motifs is 1. The molecule has 0 saturated carbocycles. The normalized spacial score (nSPS) is 14.0. The Morgan fingerprint density at radius 2 is 2.27 bits per heavy atom. The summed E-state index contributed by atoms with van der Waals surface area (Å²) in [4.78, 5) is 9.01. The molecule has 2 rings (SSSR count). The minimum Gasteiger partial charge on any atom is -0.308 e. The molecule has 0 bridgehead atoms. The van der Waals surface area contributed by atoms with Crippen LogP contribution in [0.1, 0.15) is 36.8 Å². The van der Waals surface area contributed by atoms with E-state index in [2.05, 4.69) is 22.3 Å². The highest BCUT2D eigenvalue weighted by molar-refractivity contribution is 7.98. The predicted octanol–water partition coefficient (Wildman–Crippen LogP) is 1.85. The van der Waals surface area contributed by atoms with E-state index in [0.717, 1.165) is 41.7 Å². The highest BCUT2D eigenvalue weighted by Gasteiger charge is 2.18. The van der Waals surface area contributed by atoms with Gasteiger partial charge in [-0.2, -0.15) is 11.8 Å². The summed E-state index contributed by atoms with van der Waals surface area (Å²) >= 11 is 1.87. The standard InChI is InChI=1S/C10H16N4S/c1-2-3-4-9-12-8-6-15-5-7(8)10(13-9)14-11/h2-6,11H2,1H3,(H,12,13,14). The summed E-state index contributed by atoms with van der Waals surface area (Å²) in [5.41, 5.74) is 5.02. The first-order chi connectivity index (χ1) is 7.35. The van der Waals surface area contributed by atoms with Crippen molar-refractivity contribution in [3.05, 3.63) is 17.1 Å². The molecule has 0 fully saturated rings. The van der Waals surface area contributed by atoms with Crippen LogP contribution in [0.4, 0.5) is 5.82 Å². The van der Waals surface area contributed by atoms with Crippen LogP contribution in [-0.4, -0.2) is 9.97 Å². The van der Waals surface area contributed by atoms with Gasteiger partial charge in [-0.05, 0) is 6.42 Å². The Morgan fingerprint density at radius 1 is 1.40 bits per heavy atom. The van der Waals surface area contributed by atoms with Crippen molar-refractivity contribution >= 4 is 17.6 Å². The average Bonchev–Trinajstić information content (AvgIpc) is 2.73. The van der Waals surface area contributed by atoms with Crippen molar-refractivity contribution in [3.63, 3.8) is 0 Å². The minimum atomic E-state index is 0.816. The van der Waals surface area contributed by atoms with Gasteiger partial charge >= 0.3 is 0 Å². The smallest absolute Gasteiger partial charge is 0.148 e. The lowest BCUT2D eigenvalue weighted by Gasteiger charge is -2.08. The van der Waals surface area contributed by atoms with Crippen LogP contribution in [0.3, 0.4) is 0 Å². The largest absolute Gasteiger partial charge is 0.308 e. The number of unbranched alkanes of at least 4 members (excludes halogenated alkanes) is 1. The molecule has 0 unspecified atom stereocenters. The van der Waals surface area contributed by atoms with E-state index < -0.39 is 0 Å². The molecule has 15 heavy (non-hydrogen) atoms. The molecule has 1 aromatic heterocycles. The summed E-state index contributed by atoms with van der Waals surface area (Å²) < 4.78 is 0. The molecule has 0 spiro atoms. The van der Waals surface area contributed by atoms with Gasteiger partial charge in [0.05, 0.1) is 5.69 Å². The maximum absolute atomic E-state index is 5.47. The predicted molar refractivity (Wildman–Crippen MR) is 63.5 cm³/mol. The second kappa shape index (κ2) is 4.81. The molecule has 82 valence electrons. The van der Waals surface area contributed by atoms with Crippen molar-refractivity contribution in [1.82, 2.24) is 9.97 Å². The number of thioether (sulfide) groups is 1. The number of aromatic nitrogens is 2. The quantitative estimate of drug-likeness (QED) is 0.603. The van der Waals surface area contributed by atoms with E-state index in [-0.39, 0.29) is 0 Å². The molecule has 0 aromatic carbocycles. The summed E-state index contributed by atoms with van der Waals surface area (Å²) in [5, 5.41) is 0. The Morgan fingerprint density at radius 3 is 3.00 bits per heavy atom. The summed E-state index contributed by atoms with van der Waals surface area (Å²) in [6.45, 7) is 2.17. The highest BCUT2D eigenvalue weighted by Crippen LogP contribution is 2.32. The molecule has 5 heteroatoms. The molecule has 0 atom stereocenters. The van der Waals surface area contributed by atoms with Gasteiger partial charge < -0.3 is 5.43 Å². The lowest BCUT2D eigenvalue weighted by molar-refractivity contribution is 0.746. The van der Waals surface area contributed by atoms with Crippen LogP contribution in [0, 0.1) is 0 Å². The van der Waals surface area contributed by atoms with Crippen LogP contribution in [0.15, 0.2) is 0 Å². The number of rotatable bonds is 4. The Kier molecular flexibility index (Phi) is 3.43. The number of aryl methyl sites for hydroxylation is 1. The first kappa shape index (κ1) is 10.7. The van der Waals surface area contributed by atoms with Crippen LogP contribution >= 0.6 is 11.8 Å². The van der Waals surface area contributed by atoms with Crippen LogP contribution < -0.4 is 11.3 Å². The zero-order chi connectivity index (χ0) is 10.7. The van der Waals surface area contributed by atoms with Gasteiger partial charge in [0.1, 0.15) is 11.6 Å². The minimum absolute atomic E-state index is 0.816. The molecule has 0 radical (unpaired) electrons. The van der Waals surface area contributed by atoms with Crippen molar-refractivity contribution in [2.24, 2.45) is 5.84 Å². The lowest BCUT2D eigenvalue weighted by atomic mass is 10.2. The van der Waals surface area contributed by atoms with E-state index in [1.54, 1.807) is 0 Å². The van der Waals surface area contributed by atoms with Crippen molar-refractivity contribution in [1.29, 1.82) is 0 Å². The maximum Gasteiger partial charge on any atom is 0.148 e. The van der Waals surface area contributed by atoms with Gasteiger partial charge in [-0.1, -0.05) is 13.3 Å². The zero-order valence-corrected chi connectivity index (χ0v) is 9.73. The highest BCUT2D eigenvalue weighted by atomic mass is 32.2. The second-order valence-corrected chi connectivity index (χ2v) is 4.64. The first-order valence-electron chi connectivity index (χ1n) is 5.28. The van der Waals surface area contributed by atoms with Gasteiger partial charge in [0.15, 0.2) is 0 Å². The Labute approximate surface area is 94.0 Å².